The van der Waals surface area contributed by atoms with E-state index in [0.29, 0.717) is 17.2 Å². The molecule has 0 saturated heterocycles. The Balaban J connectivity index is 3.02. The number of ether oxygens (including phenoxy) is 1. The molecule has 16 heavy (non-hydrogen) atoms. The van der Waals surface area contributed by atoms with Gasteiger partial charge in [-0.05, 0) is 31.5 Å². The van der Waals surface area contributed by atoms with Gasteiger partial charge in [0, 0.05) is 10.9 Å². The second-order valence-corrected chi connectivity index (χ2v) is 5.49. The van der Waals surface area contributed by atoms with Crippen LogP contribution in [-0.2, 0) is 10.8 Å². The average Bonchev–Trinajstić information content (AvgIpc) is 2.30. The first-order chi connectivity index (χ1) is 7.60. The van der Waals surface area contributed by atoms with Crippen molar-refractivity contribution in [3.05, 3.63) is 18.2 Å². The van der Waals surface area contributed by atoms with Crippen LogP contribution in [0.4, 0.5) is 5.69 Å². The number of hydrogen-bond donors (Lipinski definition) is 1. The van der Waals surface area contributed by atoms with Crippen LogP contribution in [0.5, 0.6) is 5.75 Å². The number of benzene rings is 1. The predicted octanol–water partition coefficient (Wildman–Crippen LogP) is 2.57. The van der Waals surface area contributed by atoms with Gasteiger partial charge in [0.2, 0.25) is 0 Å². The molecular weight excluding hydrogens is 222 g/mol. The quantitative estimate of drug-likeness (QED) is 0.806. The van der Waals surface area contributed by atoms with E-state index in [1.165, 1.54) is 0 Å². The van der Waals surface area contributed by atoms with Crippen molar-refractivity contribution >= 4 is 16.5 Å². The number of rotatable bonds is 5. The van der Waals surface area contributed by atoms with Crippen molar-refractivity contribution in [1.82, 2.24) is 0 Å². The zero-order valence-corrected chi connectivity index (χ0v) is 10.8. The van der Waals surface area contributed by atoms with Crippen molar-refractivity contribution in [3.63, 3.8) is 0 Å². The molecule has 0 saturated carbocycles. The van der Waals surface area contributed by atoms with Crippen LogP contribution in [0.15, 0.2) is 23.1 Å². The average molecular weight is 241 g/mol. The lowest BCUT2D eigenvalue weighted by atomic mass is 10.3. The normalized spacial score (nSPS) is 14.4. The van der Waals surface area contributed by atoms with Gasteiger partial charge in [-0.3, -0.25) is 4.21 Å². The van der Waals surface area contributed by atoms with E-state index in [1.807, 2.05) is 20.8 Å². The summed E-state index contributed by atoms with van der Waals surface area (Å²) in [6, 6.07) is 5.33. The highest BCUT2D eigenvalue weighted by atomic mass is 32.2. The summed E-state index contributed by atoms with van der Waals surface area (Å²) in [6.07, 6.45) is 0.866. The fourth-order valence-corrected chi connectivity index (χ4v) is 2.58. The fraction of sp³-hybridized carbons (Fsp3) is 0.500. The monoisotopic (exact) mass is 241 g/mol. The first-order valence-corrected chi connectivity index (χ1v) is 6.74. The topological polar surface area (TPSA) is 52.3 Å². The Labute approximate surface area is 99.4 Å². The molecule has 0 amide bonds. The van der Waals surface area contributed by atoms with E-state index in [-0.39, 0.29) is 5.25 Å². The van der Waals surface area contributed by atoms with Gasteiger partial charge in [-0.15, -0.1) is 0 Å². The molecule has 90 valence electrons. The van der Waals surface area contributed by atoms with Gasteiger partial charge in [0.05, 0.1) is 22.3 Å². The fourth-order valence-electron chi connectivity index (χ4n) is 1.31. The zero-order valence-electron chi connectivity index (χ0n) is 10.0. The van der Waals surface area contributed by atoms with Crippen LogP contribution in [0, 0.1) is 0 Å². The van der Waals surface area contributed by atoms with Crippen LogP contribution in [0.1, 0.15) is 27.2 Å². The Morgan fingerprint density at radius 2 is 2.12 bits per heavy atom. The van der Waals surface area contributed by atoms with Crippen LogP contribution in [0.3, 0.4) is 0 Å². The molecule has 1 rings (SSSR count). The lowest BCUT2D eigenvalue weighted by Gasteiger charge is -2.12. The van der Waals surface area contributed by atoms with Gasteiger partial charge in [-0.2, -0.15) is 0 Å². The van der Waals surface area contributed by atoms with Crippen LogP contribution >= 0.6 is 0 Å². The Kier molecular flexibility index (Phi) is 4.80. The Morgan fingerprint density at radius 3 is 2.69 bits per heavy atom. The van der Waals surface area contributed by atoms with Gasteiger partial charge in [-0.1, -0.05) is 13.8 Å². The molecule has 0 bridgehead atoms. The summed E-state index contributed by atoms with van der Waals surface area (Å²) in [5.41, 5.74) is 6.40. The summed E-state index contributed by atoms with van der Waals surface area (Å²) in [5, 5.41) is 0.110. The molecule has 0 aromatic heterocycles. The van der Waals surface area contributed by atoms with Gasteiger partial charge >= 0.3 is 0 Å². The number of hydrogen-bond acceptors (Lipinski definition) is 3. The van der Waals surface area contributed by atoms with Crippen molar-refractivity contribution in [2.45, 2.75) is 37.3 Å². The highest BCUT2D eigenvalue weighted by molar-refractivity contribution is 7.85. The van der Waals surface area contributed by atoms with E-state index in [2.05, 4.69) is 0 Å². The van der Waals surface area contributed by atoms with Gasteiger partial charge in [0.1, 0.15) is 5.75 Å². The minimum Gasteiger partial charge on any atom is -0.494 e. The number of anilines is 1. The Bertz CT molecular complexity index is 379. The van der Waals surface area contributed by atoms with Gasteiger partial charge in [0.15, 0.2) is 0 Å². The van der Waals surface area contributed by atoms with Crippen LogP contribution in [-0.4, -0.2) is 16.1 Å². The maximum absolute atomic E-state index is 12.1. The third kappa shape index (κ3) is 2.98. The van der Waals surface area contributed by atoms with Crippen LogP contribution in [0.25, 0.3) is 0 Å². The van der Waals surface area contributed by atoms with Gasteiger partial charge < -0.3 is 10.5 Å². The van der Waals surface area contributed by atoms with Crippen molar-refractivity contribution in [3.8, 4) is 5.75 Å². The Morgan fingerprint density at radius 1 is 1.44 bits per heavy atom. The number of nitrogens with two attached hydrogens (primary N) is 1. The molecule has 0 fully saturated rings. The van der Waals surface area contributed by atoms with E-state index >= 15 is 0 Å². The maximum Gasteiger partial charge on any atom is 0.120 e. The summed E-state index contributed by atoms with van der Waals surface area (Å²) in [7, 11) is -1.06. The smallest absolute Gasteiger partial charge is 0.120 e. The minimum atomic E-state index is -1.06. The molecule has 1 aromatic carbocycles. The largest absolute Gasteiger partial charge is 0.494 e. The molecule has 2 unspecified atom stereocenters. The molecule has 4 heteroatoms. The van der Waals surface area contributed by atoms with E-state index < -0.39 is 10.8 Å². The third-order valence-corrected chi connectivity index (χ3v) is 4.30. The zero-order chi connectivity index (χ0) is 12.1. The standard InChI is InChI=1S/C12H19NO2S/c1-4-9(3)16(14)12-8-10(15-5-2)6-7-11(12)13/h6-9H,4-5,13H2,1-3H3. The molecule has 0 aliphatic heterocycles. The summed E-state index contributed by atoms with van der Waals surface area (Å²) in [5.74, 6) is 0.725. The lowest BCUT2D eigenvalue weighted by molar-refractivity contribution is 0.339. The van der Waals surface area contributed by atoms with Crippen molar-refractivity contribution in [1.29, 1.82) is 0 Å². The first kappa shape index (κ1) is 13.0. The molecule has 0 spiro atoms. The van der Waals surface area contributed by atoms with E-state index in [1.54, 1.807) is 18.2 Å². The summed E-state index contributed by atoms with van der Waals surface area (Å²) >= 11 is 0. The molecule has 1 aromatic rings. The van der Waals surface area contributed by atoms with E-state index in [9.17, 15) is 4.21 Å². The van der Waals surface area contributed by atoms with Crippen LogP contribution < -0.4 is 10.5 Å². The molecule has 0 radical (unpaired) electrons. The molecule has 2 N–H and O–H groups in total. The Hall–Kier alpha value is -1.03. The van der Waals surface area contributed by atoms with E-state index in [4.69, 9.17) is 10.5 Å². The SMILES string of the molecule is CCOc1ccc(N)c(S(=O)C(C)CC)c1. The lowest BCUT2D eigenvalue weighted by Crippen LogP contribution is -2.11. The third-order valence-electron chi connectivity index (χ3n) is 2.45. The van der Waals surface area contributed by atoms with Crippen LogP contribution in [0.2, 0.25) is 0 Å². The van der Waals surface area contributed by atoms with Crippen molar-refractivity contribution in [2.24, 2.45) is 0 Å². The second-order valence-electron chi connectivity index (χ2n) is 3.65. The summed E-state index contributed by atoms with van der Waals surface area (Å²) in [6.45, 7) is 6.50. The van der Waals surface area contributed by atoms with Crippen molar-refractivity contribution in [2.75, 3.05) is 12.3 Å². The highest BCUT2D eigenvalue weighted by Crippen LogP contribution is 2.25. The van der Waals surface area contributed by atoms with Gasteiger partial charge in [-0.25, -0.2) is 0 Å². The maximum atomic E-state index is 12.1. The summed E-state index contributed by atoms with van der Waals surface area (Å²) < 4.78 is 17.5. The first-order valence-electron chi connectivity index (χ1n) is 5.53. The molecule has 3 nitrogen and oxygen atoms in total. The molecule has 0 heterocycles. The highest BCUT2D eigenvalue weighted by Gasteiger charge is 2.15. The number of nitrogen functional groups attached to an aromatic ring is 1. The molecule has 0 aliphatic rings. The molecular formula is C12H19NO2S. The molecule has 2 atom stereocenters. The predicted molar refractivity (Wildman–Crippen MR) is 68.2 cm³/mol. The van der Waals surface area contributed by atoms with E-state index in [0.717, 1.165) is 12.2 Å². The second kappa shape index (κ2) is 5.89. The van der Waals surface area contributed by atoms with Crippen molar-refractivity contribution < 1.29 is 8.95 Å². The van der Waals surface area contributed by atoms with Gasteiger partial charge in [0.25, 0.3) is 0 Å². The molecule has 0 aliphatic carbocycles. The minimum absolute atomic E-state index is 0.110. The summed E-state index contributed by atoms with van der Waals surface area (Å²) in [4.78, 5) is 0.681.